The Balaban J connectivity index is 1.45. The summed E-state index contributed by atoms with van der Waals surface area (Å²) in [6, 6.07) is 13.9. The molecule has 3 heterocycles. The van der Waals surface area contributed by atoms with E-state index in [2.05, 4.69) is 4.90 Å². The number of ether oxygens (including phenoxy) is 3. The van der Waals surface area contributed by atoms with Gasteiger partial charge in [-0.1, -0.05) is 12.1 Å². The Morgan fingerprint density at radius 3 is 1.86 bits per heavy atom. The molecule has 3 aliphatic rings. The molecular formula is C27H27F2N3O3. The monoisotopic (exact) mass is 479 g/mol. The van der Waals surface area contributed by atoms with E-state index >= 15 is 8.78 Å². The second-order valence-corrected chi connectivity index (χ2v) is 9.08. The van der Waals surface area contributed by atoms with E-state index < -0.39 is 17.6 Å². The first kappa shape index (κ1) is 22.1. The molecule has 0 spiro atoms. The molecule has 0 saturated carbocycles. The van der Waals surface area contributed by atoms with Crippen molar-refractivity contribution in [2.24, 2.45) is 0 Å². The second-order valence-electron chi connectivity index (χ2n) is 9.08. The Morgan fingerprint density at radius 1 is 0.686 bits per heavy atom. The molecule has 182 valence electrons. The summed E-state index contributed by atoms with van der Waals surface area (Å²) in [6.07, 6.45) is 0. The molecule has 3 aromatic rings. The molecule has 6 rings (SSSR count). The minimum atomic E-state index is -0.660. The maximum absolute atomic E-state index is 15.7. The Morgan fingerprint density at radius 2 is 1.23 bits per heavy atom. The fraction of sp³-hybridized carbons (Fsp3) is 0.333. The van der Waals surface area contributed by atoms with Crippen LogP contribution in [0.1, 0.15) is 22.6 Å². The zero-order valence-electron chi connectivity index (χ0n) is 19.3. The molecule has 1 atom stereocenters. The number of nitrogens with zero attached hydrogens (tertiary/aromatic N) is 2. The predicted octanol–water partition coefficient (Wildman–Crippen LogP) is 4.51. The first-order valence-electron chi connectivity index (χ1n) is 11.9. The zero-order chi connectivity index (χ0) is 23.9. The van der Waals surface area contributed by atoms with Gasteiger partial charge in [0.2, 0.25) is 0 Å². The molecule has 0 aromatic heterocycles. The van der Waals surface area contributed by atoms with Crippen molar-refractivity contribution in [2.75, 3.05) is 68.1 Å². The first-order valence-corrected chi connectivity index (χ1v) is 11.9. The van der Waals surface area contributed by atoms with Crippen LogP contribution in [0.25, 0.3) is 0 Å². The van der Waals surface area contributed by atoms with Crippen LogP contribution in [0, 0.1) is 11.6 Å². The normalized spacial score (nSPS) is 19.7. The van der Waals surface area contributed by atoms with E-state index in [9.17, 15) is 0 Å². The minimum Gasteiger partial charge on any atom is -0.457 e. The third kappa shape index (κ3) is 4.06. The molecule has 6 nitrogen and oxygen atoms in total. The van der Waals surface area contributed by atoms with Crippen LogP contribution in [-0.4, -0.2) is 52.6 Å². The topological polar surface area (TPSA) is 60.2 Å². The van der Waals surface area contributed by atoms with E-state index in [1.807, 2.05) is 23.1 Å². The van der Waals surface area contributed by atoms with Crippen molar-refractivity contribution in [3.05, 3.63) is 76.9 Å². The number of halogens is 2. The lowest BCUT2D eigenvalue weighted by molar-refractivity contribution is 0.122. The average Bonchev–Trinajstić information content (AvgIpc) is 2.88. The fourth-order valence-corrected chi connectivity index (χ4v) is 5.19. The van der Waals surface area contributed by atoms with E-state index in [1.165, 1.54) is 12.1 Å². The molecule has 2 fully saturated rings. The fourth-order valence-electron chi connectivity index (χ4n) is 5.19. The Hall–Kier alpha value is -3.36. The summed E-state index contributed by atoms with van der Waals surface area (Å²) in [6.45, 7) is 5.15. The molecule has 0 radical (unpaired) electrons. The number of hydrogen-bond acceptors (Lipinski definition) is 6. The molecule has 0 amide bonds. The van der Waals surface area contributed by atoms with Crippen LogP contribution in [0.5, 0.6) is 11.5 Å². The van der Waals surface area contributed by atoms with Gasteiger partial charge in [-0.25, -0.2) is 8.78 Å². The van der Waals surface area contributed by atoms with Crippen LogP contribution in [0.3, 0.4) is 0 Å². The minimum absolute atomic E-state index is 0.0108. The second kappa shape index (κ2) is 9.02. The maximum atomic E-state index is 15.7. The summed E-state index contributed by atoms with van der Waals surface area (Å²) in [5, 5.41) is 0. The van der Waals surface area contributed by atoms with E-state index in [-0.39, 0.29) is 5.56 Å². The molecule has 3 aliphatic heterocycles. The van der Waals surface area contributed by atoms with Gasteiger partial charge >= 0.3 is 0 Å². The van der Waals surface area contributed by atoms with Crippen LogP contribution in [0.4, 0.5) is 25.8 Å². The Bertz CT molecular complexity index is 1230. The third-order valence-electron chi connectivity index (χ3n) is 6.98. The highest BCUT2D eigenvalue weighted by Crippen LogP contribution is 2.50. The van der Waals surface area contributed by atoms with E-state index in [0.717, 1.165) is 24.3 Å². The van der Waals surface area contributed by atoms with Gasteiger partial charge in [-0.3, -0.25) is 0 Å². The largest absolute Gasteiger partial charge is 0.457 e. The lowest BCUT2D eigenvalue weighted by atomic mass is 9.81. The van der Waals surface area contributed by atoms with Crippen LogP contribution in [0.15, 0.2) is 48.5 Å². The van der Waals surface area contributed by atoms with Crippen molar-refractivity contribution < 1.29 is 23.0 Å². The van der Waals surface area contributed by atoms with Gasteiger partial charge in [0.25, 0.3) is 0 Å². The lowest BCUT2D eigenvalue weighted by Gasteiger charge is -2.33. The maximum Gasteiger partial charge on any atom is 0.133 e. The predicted molar refractivity (Wildman–Crippen MR) is 131 cm³/mol. The molecule has 1 unspecified atom stereocenters. The number of rotatable bonds is 3. The van der Waals surface area contributed by atoms with Gasteiger partial charge in [0.15, 0.2) is 0 Å². The van der Waals surface area contributed by atoms with Crippen molar-refractivity contribution in [1.29, 1.82) is 0 Å². The van der Waals surface area contributed by atoms with Crippen LogP contribution >= 0.6 is 0 Å². The van der Waals surface area contributed by atoms with Crippen molar-refractivity contribution in [2.45, 2.75) is 5.92 Å². The first-order chi connectivity index (χ1) is 17.1. The summed E-state index contributed by atoms with van der Waals surface area (Å²) in [5.74, 6) is -0.730. The quantitative estimate of drug-likeness (QED) is 0.437. The number of benzene rings is 3. The number of nitrogen functional groups attached to an aromatic ring is 1. The summed E-state index contributed by atoms with van der Waals surface area (Å²) in [4.78, 5) is 4.16. The molecule has 8 heteroatoms. The van der Waals surface area contributed by atoms with E-state index in [4.69, 9.17) is 19.9 Å². The Labute approximate surface area is 202 Å². The number of anilines is 3. The molecule has 0 bridgehead atoms. The van der Waals surface area contributed by atoms with Crippen molar-refractivity contribution in [3.8, 4) is 11.5 Å². The number of nitrogens with two attached hydrogens (primary N) is 1. The van der Waals surface area contributed by atoms with Gasteiger partial charge in [-0.15, -0.1) is 0 Å². The highest BCUT2D eigenvalue weighted by molar-refractivity contribution is 5.66. The molecular weight excluding hydrogens is 452 g/mol. The number of fused-ring (bicyclic) bond motifs is 2. The summed E-state index contributed by atoms with van der Waals surface area (Å²) >= 11 is 0. The van der Waals surface area contributed by atoms with E-state index in [1.54, 1.807) is 18.2 Å². The molecule has 0 aliphatic carbocycles. The zero-order valence-corrected chi connectivity index (χ0v) is 19.3. The number of morpholine rings is 2. The lowest BCUT2D eigenvalue weighted by Crippen LogP contribution is -2.36. The molecule has 2 N–H and O–H groups in total. The summed E-state index contributed by atoms with van der Waals surface area (Å²) < 4.78 is 48.5. The smallest absolute Gasteiger partial charge is 0.133 e. The van der Waals surface area contributed by atoms with Crippen molar-refractivity contribution >= 4 is 17.1 Å². The van der Waals surface area contributed by atoms with Gasteiger partial charge in [-0.2, -0.15) is 0 Å². The van der Waals surface area contributed by atoms with Gasteiger partial charge in [0, 0.05) is 78.0 Å². The molecule has 2 saturated heterocycles. The Kier molecular flexibility index (Phi) is 5.70. The highest BCUT2D eigenvalue weighted by Gasteiger charge is 2.34. The average molecular weight is 480 g/mol. The highest BCUT2D eigenvalue weighted by atomic mass is 19.1. The van der Waals surface area contributed by atoms with Crippen LogP contribution < -0.4 is 20.3 Å². The van der Waals surface area contributed by atoms with Crippen molar-refractivity contribution in [3.63, 3.8) is 0 Å². The molecule has 3 aromatic carbocycles. The van der Waals surface area contributed by atoms with Crippen LogP contribution in [-0.2, 0) is 9.47 Å². The summed E-state index contributed by atoms with van der Waals surface area (Å²) in [5.41, 5.74) is 9.48. The van der Waals surface area contributed by atoms with Gasteiger partial charge in [0.05, 0.1) is 26.4 Å². The van der Waals surface area contributed by atoms with Crippen LogP contribution in [0.2, 0.25) is 0 Å². The van der Waals surface area contributed by atoms with Gasteiger partial charge < -0.3 is 29.7 Å². The van der Waals surface area contributed by atoms with E-state index in [0.29, 0.717) is 68.0 Å². The summed E-state index contributed by atoms with van der Waals surface area (Å²) in [7, 11) is 0. The SMILES string of the molecule is Nc1ccc2c(c1)Oc1cc(N3CCOCC3)ccc1C2c1c(F)cc(N2CCOCC2)cc1F. The third-order valence-corrected chi connectivity index (χ3v) is 6.98. The number of hydrogen-bond donors (Lipinski definition) is 1. The van der Waals surface area contributed by atoms with Gasteiger partial charge in [-0.05, 0) is 24.3 Å². The van der Waals surface area contributed by atoms with Crippen molar-refractivity contribution in [1.82, 2.24) is 0 Å². The standard InChI is InChI=1S/C27H27F2N3O3/c28-22-14-19(32-7-11-34-12-8-32)15-23(29)27(22)26-20-3-1-17(30)13-24(20)35-25-16-18(2-4-21(25)26)31-5-9-33-10-6-31/h1-4,13-16,26H,5-12,30H2. The molecule has 35 heavy (non-hydrogen) atoms. The van der Waals surface area contributed by atoms with Gasteiger partial charge in [0.1, 0.15) is 23.1 Å².